The van der Waals surface area contributed by atoms with Gasteiger partial charge < -0.3 is 15.0 Å². The third-order valence-corrected chi connectivity index (χ3v) is 8.37. The van der Waals surface area contributed by atoms with E-state index in [-0.39, 0.29) is 23.4 Å². The Morgan fingerprint density at radius 3 is 2.21 bits per heavy atom. The fourth-order valence-corrected chi connectivity index (χ4v) is 5.43. The quantitative estimate of drug-likeness (QED) is 0.357. The second-order valence-corrected chi connectivity index (χ2v) is 11.4. The van der Waals surface area contributed by atoms with E-state index in [0.29, 0.717) is 11.4 Å². The molecule has 0 saturated heterocycles. The van der Waals surface area contributed by atoms with Crippen LogP contribution in [0.5, 0.6) is 5.75 Å². The molecule has 0 aliphatic carbocycles. The summed E-state index contributed by atoms with van der Waals surface area (Å²) in [5.74, 6) is -0.142. The largest absolute Gasteiger partial charge is 0.497 e. The molecule has 0 spiro atoms. The Balaban J connectivity index is 2.01. The van der Waals surface area contributed by atoms with Crippen molar-refractivity contribution in [2.75, 3.05) is 18.0 Å². The fraction of sp³-hybridized carbons (Fsp3) is 0.333. The number of carbonyl (C=O) groups is 2. The zero-order chi connectivity index (χ0) is 28.6. The maximum absolute atomic E-state index is 13.9. The molecular formula is C30H37N3O5S. The van der Waals surface area contributed by atoms with Crippen LogP contribution in [0.4, 0.5) is 5.69 Å². The molecule has 2 atom stereocenters. The summed E-state index contributed by atoms with van der Waals surface area (Å²) in [5, 5.41) is 2.93. The lowest BCUT2D eigenvalue weighted by molar-refractivity contribution is -0.139. The summed E-state index contributed by atoms with van der Waals surface area (Å²) < 4.78 is 33.9. The zero-order valence-corrected chi connectivity index (χ0v) is 23.9. The van der Waals surface area contributed by atoms with E-state index >= 15 is 0 Å². The molecule has 2 amide bonds. The Morgan fingerprint density at radius 2 is 1.62 bits per heavy atom. The minimum Gasteiger partial charge on any atom is -0.497 e. The SMILES string of the molecule is CC[C@@H](C)NC(=O)[C@@H](C)N(Cc1ccc(OC)cc1)C(=O)CN(c1cccc(C)c1)S(=O)(=O)c1ccccc1. The van der Waals surface area contributed by atoms with E-state index in [0.717, 1.165) is 21.9 Å². The van der Waals surface area contributed by atoms with Gasteiger partial charge in [-0.25, -0.2) is 8.42 Å². The van der Waals surface area contributed by atoms with Crippen molar-refractivity contribution < 1.29 is 22.7 Å². The molecule has 0 heterocycles. The average Bonchev–Trinajstić information content (AvgIpc) is 2.94. The smallest absolute Gasteiger partial charge is 0.264 e. The van der Waals surface area contributed by atoms with Gasteiger partial charge in [0.15, 0.2) is 0 Å². The molecule has 39 heavy (non-hydrogen) atoms. The van der Waals surface area contributed by atoms with Crippen molar-refractivity contribution in [3.8, 4) is 5.75 Å². The molecule has 3 aromatic rings. The van der Waals surface area contributed by atoms with Gasteiger partial charge in [-0.3, -0.25) is 13.9 Å². The van der Waals surface area contributed by atoms with Gasteiger partial charge in [-0.05, 0) is 74.7 Å². The number of rotatable bonds is 12. The van der Waals surface area contributed by atoms with Crippen molar-refractivity contribution in [3.05, 3.63) is 90.0 Å². The highest BCUT2D eigenvalue weighted by Gasteiger charge is 2.32. The highest BCUT2D eigenvalue weighted by Crippen LogP contribution is 2.25. The Bertz CT molecular complexity index is 1360. The molecule has 0 aromatic heterocycles. The van der Waals surface area contributed by atoms with Crippen LogP contribution in [0.2, 0.25) is 0 Å². The molecular weight excluding hydrogens is 514 g/mol. The van der Waals surface area contributed by atoms with Gasteiger partial charge in [-0.1, -0.05) is 49.4 Å². The third kappa shape index (κ3) is 7.60. The van der Waals surface area contributed by atoms with Gasteiger partial charge in [-0.15, -0.1) is 0 Å². The van der Waals surface area contributed by atoms with Crippen LogP contribution in [-0.2, 0) is 26.2 Å². The van der Waals surface area contributed by atoms with E-state index in [1.165, 1.54) is 17.0 Å². The highest BCUT2D eigenvalue weighted by molar-refractivity contribution is 7.92. The van der Waals surface area contributed by atoms with Crippen LogP contribution >= 0.6 is 0 Å². The van der Waals surface area contributed by atoms with Crippen LogP contribution in [0.15, 0.2) is 83.8 Å². The van der Waals surface area contributed by atoms with E-state index in [4.69, 9.17) is 4.74 Å². The Kier molecular flexibility index (Phi) is 10.1. The minimum atomic E-state index is -4.08. The number of aryl methyl sites for hydroxylation is 1. The summed E-state index contributed by atoms with van der Waals surface area (Å²) in [7, 11) is -2.51. The molecule has 8 nitrogen and oxygen atoms in total. The normalized spacial score (nSPS) is 12.7. The average molecular weight is 552 g/mol. The molecule has 1 N–H and O–H groups in total. The number of carbonyl (C=O) groups excluding carboxylic acids is 2. The van der Waals surface area contributed by atoms with Crippen LogP contribution in [0.1, 0.15) is 38.3 Å². The first-order valence-electron chi connectivity index (χ1n) is 12.9. The molecule has 0 aliphatic heterocycles. The summed E-state index contributed by atoms with van der Waals surface area (Å²) in [6.07, 6.45) is 0.737. The van der Waals surface area contributed by atoms with Crippen LogP contribution in [0, 0.1) is 6.92 Å². The topological polar surface area (TPSA) is 96.0 Å². The monoisotopic (exact) mass is 551 g/mol. The Labute approximate surface area is 231 Å². The number of hydrogen-bond donors (Lipinski definition) is 1. The standard InChI is InChI=1S/C30H37N3O5S/c1-6-23(3)31-30(35)24(4)32(20-25-15-17-27(38-5)18-16-25)29(34)21-33(26-12-10-11-22(2)19-26)39(36,37)28-13-8-7-9-14-28/h7-19,23-24H,6,20-21H2,1-5H3,(H,31,35)/t23-,24-/m1/s1. The van der Waals surface area contributed by atoms with Crippen molar-refractivity contribution in [2.24, 2.45) is 0 Å². The maximum Gasteiger partial charge on any atom is 0.264 e. The van der Waals surface area contributed by atoms with Crippen molar-refractivity contribution in [1.29, 1.82) is 0 Å². The second-order valence-electron chi connectivity index (χ2n) is 9.53. The summed E-state index contributed by atoms with van der Waals surface area (Å²) in [5.41, 5.74) is 2.00. The van der Waals surface area contributed by atoms with Crippen molar-refractivity contribution in [3.63, 3.8) is 0 Å². The number of amides is 2. The van der Waals surface area contributed by atoms with Crippen molar-refractivity contribution in [1.82, 2.24) is 10.2 Å². The first-order valence-corrected chi connectivity index (χ1v) is 14.4. The lowest BCUT2D eigenvalue weighted by Crippen LogP contribution is -2.52. The summed E-state index contributed by atoms with van der Waals surface area (Å²) in [6.45, 7) is 7.01. The van der Waals surface area contributed by atoms with Crippen LogP contribution in [0.3, 0.4) is 0 Å². The number of anilines is 1. The highest BCUT2D eigenvalue weighted by atomic mass is 32.2. The van der Waals surface area contributed by atoms with Crippen LogP contribution in [-0.4, -0.2) is 50.9 Å². The van der Waals surface area contributed by atoms with Crippen LogP contribution in [0.25, 0.3) is 0 Å². The fourth-order valence-electron chi connectivity index (χ4n) is 4.01. The van der Waals surface area contributed by atoms with Gasteiger partial charge in [0, 0.05) is 12.6 Å². The van der Waals surface area contributed by atoms with Gasteiger partial charge >= 0.3 is 0 Å². The number of nitrogens with zero attached hydrogens (tertiary/aromatic N) is 2. The molecule has 0 fully saturated rings. The molecule has 3 rings (SSSR count). The molecule has 208 valence electrons. The van der Waals surface area contributed by atoms with E-state index in [9.17, 15) is 18.0 Å². The van der Waals surface area contributed by atoms with Crippen molar-refractivity contribution in [2.45, 2.75) is 57.6 Å². The number of methoxy groups -OCH3 is 1. The number of ether oxygens (including phenoxy) is 1. The van der Waals surface area contributed by atoms with Gasteiger partial charge in [0.1, 0.15) is 18.3 Å². The van der Waals surface area contributed by atoms with Gasteiger partial charge in [0.2, 0.25) is 11.8 Å². The molecule has 0 unspecified atom stereocenters. The Morgan fingerprint density at radius 1 is 0.949 bits per heavy atom. The first-order chi connectivity index (χ1) is 18.6. The summed E-state index contributed by atoms with van der Waals surface area (Å²) in [4.78, 5) is 28.5. The van der Waals surface area contributed by atoms with E-state index in [2.05, 4.69) is 5.32 Å². The lowest BCUT2D eigenvalue weighted by Gasteiger charge is -2.32. The molecule has 9 heteroatoms. The maximum atomic E-state index is 13.9. The van der Waals surface area contributed by atoms with Gasteiger partial charge in [0.05, 0.1) is 17.7 Å². The summed E-state index contributed by atoms with van der Waals surface area (Å²) in [6, 6.07) is 21.3. The van der Waals surface area contributed by atoms with Gasteiger partial charge in [-0.2, -0.15) is 0 Å². The number of sulfonamides is 1. The van der Waals surface area contributed by atoms with E-state index < -0.39 is 28.5 Å². The number of nitrogens with one attached hydrogen (secondary N) is 1. The molecule has 0 radical (unpaired) electrons. The number of benzene rings is 3. The molecule has 0 bridgehead atoms. The molecule has 0 aliphatic rings. The predicted octanol–water partition coefficient (Wildman–Crippen LogP) is 4.53. The molecule has 0 saturated carbocycles. The lowest BCUT2D eigenvalue weighted by atomic mass is 10.1. The first kappa shape index (κ1) is 29.7. The summed E-state index contributed by atoms with van der Waals surface area (Å²) >= 11 is 0. The Hall–Kier alpha value is -3.85. The predicted molar refractivity (Wildman–Crippen MR) is 153 cm³/mol. The number of hydrogen-bond acceptors (Lipinski definition) is 5. The third-order valence-electron chi connectivity index (χ3n) is 6.58. The van der Waals surface area contributed by atoms with E-state index in [1.54, 1.807) is 62.6 Å². The minimum absolute atomic E-state index is 0.0693. The van der Waals surface area contributed by atoms with Crippen molar-refractivity contribution >= 4 is 27.5 Å². The second kappa shape index (κ2) is 13.3. The van der Waals surface area contributed by atoms with E-state index in [1.807, 2.05) is 39.0 Å². The zero-order valence-electron chi connectivity index (χ0n) is 23.1. The van der Waals surface area contributed by atoms with Crippen LogP contribution < -0.4 is 14.4 Å². The van der Waals surface area contributed by atoms with Gasteiger partial charge in [0.25, 0.3) is 10.0 Å². The molecule has 3 aromatic carbocycles.